The average molecular weight is 572 g/mol. The summed E-state index contributed by atoms with van der Waals surface area (Å²) in [4.78, 5) is 29.6. The Labute approximate surface area is 248 Å². The van der Waals surface area contributed by atoms with Crippen LogP contribution < -0.4 is 10.6 Å². The molecule has 6 nitrogen and oxygen atoms in total. The molecule has 2 fully saturated rings. The Hall–Kier alpha value is -3.71. The molecule has 2 aliphatic heterocycles. The van der Waals surface area contributed by atoms with E-state index in [9.17, 15) is 14.0 Å². The Kier molecular flexibility index (Phi) is 8.69. The van der Waals surface area contributed by atoms with E-state index in [1.165, 1.54) is 6.07 Å². The van der Waals surface area contributed by atoms with Crippen molar-refractivity contribution in [2.45, 2.75) is 77.5 Å². The minimum Gasteiger partial charge on any atom is -0.380 e. The average Bonchev–Trinajstić information content (AvgIpc) is 3.36. The summed E-state index contributed by atoms with van der Waals surface area (Å²) < 4.78 is 20.7. The van der Waals surface area contributed by atoms with Crippen molar-refractivity contribution in [3.63, 3.8) is 0 Å². The van der Waals surface area contributed by atoms with Crippen LogP contribution in [0.4, 0.5) is 15.8 Å². The van der Waals surface area contributed by atoms with E-state index in [0.29, 0.717) is 24.9 Å². The quantitative estimate of drug-likeness (QED) is 0.327. The first-order chi connectivity index (χ1) is 20.0. The Morgan fingerprint density at radius 1 is 0.976 bits per heavy atom. The van der Waals surface area contributed by atoms with E-state index < -0.39 is 17.8 Å². The maximum Gasteiger partial charge on any atom is 0.257 e. The van der Waals surface area contributed by atoms with Crippen LogP contribution in [0.5, 0.6) is 0 Å². The van der Waals surface area contributed by atoms with Crippen molar-refractivity contribution in [1.29, 1.82) is 0 Å². The van der Waals surface area contributed by atoms with Gasteiger partial charge in [0.25, 0.3) is 5.91 Å². The van der Waals surface area contributed by atoms with Gasteiger partial charge in [0.15, 0.2) is 0 Å². The molecule has 42 heavy (non-hydrogen) atoms. The number of nitrogens with one attached hydrogen (secondary N) is 2. The van der Waals surface area contributed by atoms with Crippen molar-refractivity contribution in [2.75, 3.05) is 23.8 Å². The van der Waals surface area contributed by atoms with Crippen molar-refractivity contribution >= 4 is 23.2 Å². The first kappa shape index (κ1) is 29.8. The smallest absolute Gasteiger partial charge is 0.257 e. The fraction of sp³-hybridized carbons (Fsp3) is 0.429. The second-order valence-electron chi connectivity index (χ2n) is 12.7. The molecule has 0 aromatic heterocycles. The van der Waals surface area contributed by atoms with E-state index in [1.54, 1.807) is 24.0 Å². The maximum atomic E-state index is 15.0. The van der Waals surface area contributed by atoms with Gasteiger partial charge in [0.2, 0.25) is 5.91 Å². The molecule has 0 spiro atoms. The molecule has 3 aromatic carbocycles. The molecule has 2 heterocycles. The lowest BCUT2D eigenvalue weighted by molar-refractivity contribution is -0.123. The number of nitrogens with zero attached hydrogens (tertiary/aromatic N) is 1. The lowest BCUT2D eigenvalue weighted by Gasteiger charge is -2.41. The van der Waals surface area contributed by atoms with Gasteiger partial charge >= 0.3 is 0 Å². The highest BCUT2D eigenvalue weighted by molar-refractivity contribution is 5.98. The van der Waals surface area contributed by atoms with Crippen LogP contribution in [0.1, 0.15) is 80.0 Å². The Morgan fingerprint density at radius 2 is 1.71 bits per heavy atom. The molecular weight excluding hydrogens is 529 g/mol. The third kappa shape index (κ3) is 6.36. The lowest BCUT2D eigenvalue weighted by Crippen LogP contribution is -2.46. The standard InChI is InChI=1S/C35H42FN3O3/c1-22-9-6-13-29(36)31(22)34(41)39-19-8-12-28(33(40)38-27-11-7-10-25(21-27)35(3,4)5)32(39)24-14-16-26(17-15-24)37-30-18-20-42-23(30)2/h6-7,9-11,13-17,21,23,28,30,32,37H,8,12,18-20H2,1-5H3,(H,38,40)/t23?,28?,30?,32-/m0/s1. The Balaban J connectivity index is 1.47. The fourth-order valence-corrected chi connectivity index (χ4v) is 6.17. The highest BCUT2D eigenvalue weighted by Crippen LogP contribution is 2.39. The number of hydrogen-bond donors (Lipinski definition) is 2. The van der Waals surface area contributed by atoms with Gasteiger partial charge in [-0.2, -0.15) is 0 Å². The second-order valence-corrected chi connectivity index (χ2v) is 12.7. The zero-order valence-electron chi connectivity index (χ0n) is 25.2. The van der Waals surface area contributed by atoms with Crippen LogP contribution in [0.25, 0.3) is 0 Å². The van der Waals surface area contributed by atoms with Crippen LogP contribution >= 0.6 is 0 Å². The lowest BCUT2D eigenvalue weighted by atomic mass is 9.83. The zero-order chi connectivity index (χ0) is 30.0. The number of rotatable bonds is 6. The minimum absolute atomic E-state index is 0.0624. The summed E-state index contributed by atoms with van der Waals surface area (Å²) in [5.41, 5.74) is 4.24. The molecule has 0 saturated carbocycles. The number of amides is 2. The normalized spacial score (nSPS) is 22.6. The number of aryl methyl sites for hydroxylation is 1. The molecule has 222 valence electrons. The van der Waals surface area contributed by atoms with Gasteiger partial charge in [0.1, 0.15) is 5.82 Å². The first-order valence-electron chi connectivity index (χ1n) is 15.0. The van der Waals surface area contributed by atoms with E-state index in [1.807, 2.05) is 42.5 Å². The number of benzene rings is 3. The Morgan fingerprint density at radius 3 is 2.38 bits per heavy atom. The van der Waals surface area contributed by atoms with E-state index in [2.05, 4.69) is 44.4 Å². The summed E-state index contributed by atoms with van der Waals surface area (Å²) in [5, 5.41) is 6.68. The molecule has 4 atom stereocenters. The largest absolute Gasteiger partial charge is 0.380 e. The predicted octanol–water partition coefficient (Wildman–Crippen LogP) is 7.25. The van der Waals surface area contributed by atoms with Crippen molar-refractivity contribution in [3.05, 3.63) is 94.8 Å². The second kappa shape index (κ2) is 12.3. The van der Waals surface area contributed by atoms with Crippen LogP contribution in [-0.2, 0) is 14.9 Å². The van der Waals surface area contributed by atoms with Crippen molar-refractivity contribution in [3.8, 4) is 0 Å². The van der Waals surface area contributed by atoms with Crippen LogP contribution in [-0.4, -0.2) is 42.0 Å². The monoisotopic (exact) mass is 571 g/mol. The maximum absolute atomic E-state index is 15.0. The van der Waals surface area contributed by atoms with Gasteiger partial charge in [0, 0.05) is 24.5 Å². The zero-order valence-corrected chi connectivity index (χ0v) is 25.2. The summed E-state index contributed by atoms with van der Waals surface area (Å²) in [5.74, 6) is -1.58. The molecule has 0 radical (unpaired) electrons. The molecule has 0 bridgehead atoms. The summed E-state index contributed by atoms with van der Waals surface area (Å²) in [6, 6.07) is 20.2. The first-order valence-corrected chi connectivity index (χ1v) is 15.0. The van der Waals surface area contributed by atoms with Gasteiger partial charge in [0.05, 0.1) is 29.7 Å². The summed E-state index contributed by atoms with van der Waals surface area (Å²) in [7, 11) is 0. The van der Waals surface area contributed by atoms with Crippen LogP contribution in [0.2, 0.25) is 0 Å². The summed E-state index contributed by atoms with van der Waals surface area (Å²) in [6.07, 6.45) is 2.33. The van der Waals surface area contributed by atoms with Gasteiger partial charge < -0.3 is 20.3 Å². The molecule has 0 aliphatic carbocycles. The number of halogens is 1. The molecule has 2 N–H and O–H groups in total. The van der Waals surface area contributed by atoms with Gasteiger partial charge in [-0.05, 0) is 85.5 Å². The molecular formula is C35H42FN3O3. The Bertz CT molecular complexity index is 1410. The molecule has 3 unspecified atom stereocenters. The third-order valence-electron chi connectivity index (χ3n) is 8.64. The van der Waals surface area contributed by atoms with Gasteiger partial charge in [-0.15, -0.1) is 0 Å². The number of likely N-dealkylation sites (tertiary alicyclic amines) is 1. The number of piperidine rings is 1. The van der Waals surface area contributed by atoms with Crippen molar-refractivity contribution in [1.82, 2.24) is 4.90 Å². The van der Waals surface area contributed by atoms with Gasteiger partial charge in [-0.3, -0.25) is 9.59 Å². The highest BCUT2D eigenvalue weighted by atomic mass is 19.1. The van der Waals surface area contributed by atoms with Crippen LogP contribution in [0, 0.1) is 18.7 Å². The van der Waals surface area contributed by atoms with Crippen molar-refractivity contribution in [2.24, 2.45) is 5.92 Å². The molecule has 2 saturated heterocycles. The van der Waals surface area contributed by atoms with E-state index in [4.69, 9.17) is 4.74 Å². The molecule has 5 rings (SSSR count). The number of carbonyl (C=O) groups excluding carboxylic acids is 2. The van der Waals surface area contributed by atoms with Gasteiger partial charge in [-0.1, -0.05) is 57.2 Å². The van der Waals surface area contributed by atoms with E-state index in [-0.39, 0.29) is 34.9 Å². The number of hydrogen-bond acceptors (Lipinski definition) is 4. The number of carbonyl (C=O) groups is 2. The molecule has 3 aromatic rings. The third-order valence-corrected chi connectivity index (χ3v) is 8.64. The van der Waals surface area contributed by atoms with E-state index >= 15 is 0 Å². The highest BCUT2D eigenvalue weighted by Gasteiger charge is 2.40. The SMILES string of the molecule is Cc1cccc(F)c1C(=O)N1CCCC(C(=O)Nc2cccc(C(C)(C)C)c2)[C@@H]1c1ccc(NC2CCOC2C)cc1. The number of ether oxygens (including phenoxy) is 1. The topological polar surface area (TPSA) is 70.7 Å². The molecule has 2 amide bonds. The molecule has 7 heteroatoms. The van der Waals surface area contributed by atoms with Crippen LogP contribution in [0.15, 0.2) is 66.7 Å². The minimum atomic E-state index is -0.545. The van der Waals surface area contributed by atoms with Crippen LogP contribution in [0.3, 0.4) is 0 Å². The van der Waals surface area contributed by atoms with E-state index in [0.717, 1.165) is 35.5 Å². The van der Waals surface area contributed by atoms with Crippen molar-refractivity contribution < 1.29 is 18.7 Å². The number of anilines is 2. The summed E-state index contributed by atoms with van der Waals surface area (Å²) >= 11 is 0. The van der Waals surface area contributed by atoms with Gasteiger partial charge in [-0.25, -0.2) is 4.39 Å². The predicted molar refractivity (Wildman–Crippen MR) is 165 cm³/mol. The molecule has 2 aliphatic rings. The summed E-state index contributed by atoms with van der Waals surface area (Å²) in [6.45, 7) is 11.4. The fourth-order valence-electron chi connectivity index (χ4n) is 6.17.